The van der Waals surface area contributed by atoms with Crippen LogP contribution in [0.15, 0.2) is 24.3 Å². The molecule has 0 spiro atoms. The summed E-state index contributed by atoms with van der Waals surface area (Å²) < 4.78 is 36.4. The third kappa shape index (κ3) is 4.53. The molecule has 0 aromatic heterocycles. The Balaban J connectivity index is 0.00000196. The predicted octanol–water partition coefficient (Wildman–Crippen LogP) is 3.05. The largest absolute Gasteiger partial charge is 0.416 e. The number of alkyl halides is 3. The van der Waals surface area contributed by atoms with Gasteiger partial charge in [-0.1, -0.05) is 12.1 Å². The first-order valence-corrected chi connectivity index (χ1v) is 4.24. The van der Waals surface area contributed by atoms with Crippen LogP contribution in [0.3, 0.4) is 0 Å². The van der Waals surface area contributed by atoms with E-state index in [0.717, 1.165) is 12.1 Å². The maximum absolute atomic E-state index is 12.1. The normalized spacial score (nSPS) is 13.1. The molecule has 0 aliphatic heterocycles. The number of benzene rings is 1. The van der Waals surface area contributed by atoms with Gasteiger partial charge in [0.05, 0.1) is 11.7 Å². The van der Waals surface area contributed by atoms with E-state index < -0.39 is 17.8 Å². The minimum absolute atomic E-state index is 0. The second-order valence-electron chi connectivity index (χ2n) is 3.25. The van der Waals surface area contributed by atoms with Gasteiger partial charge in [0, 0.05) is 0 Å². The maximum atomic E-state index is 12.1. The van der Waals surface area contributed by atoms with E-state index in [1.54, 1.807) is 6.92 Å². The zero-order valence-corrected chi connectivity index (χ0v) is 8.90. The summed E-state index contributed by atoms with van der Waals surface area (Å²) in [5, 5.41) is 9.01. The molecule has 0 saturated heterocycles. The van der Waals surface area contributed by atoms with E-state index in [1.807, 2.05) is 0 Å². The Bertz CT molecular complexity index is 293. The molecule has 0 saturated carbocycles. The van der Waals surface area contributed by atoms with Crippen molar-refractivity contribution >= 4 is 12.4 Å². The van der Waals surface area contributed by atoms with Crippen LogP contribution in [0, 0.1) is 0 Å². The summed E-state index contributed by atoms with van der Waals surface area (Å²) in [6.45, 7) is 1.59. The van der Waals surface area contributed by atoms with Crippen molar-refractivity contribution in [3.8, 4) is 0 Å². The van der Waals surface area contributed by atoms with Gasteiger partial charge in [-0.3, -0.25) is 0 Å². The van der Waals surface area contributed by atoms with Gasteiger partial charge in [0.15, 0.2) is 0 Å². The summed E-state index contributed by atoms with van der Waals surface area (Å²) in [6, 6.07) is 4.82. The number of hydrogen-bond donors (Lipinski definition) is 1. The lowest BCUT2D eigenvalue weighted by atomic mass is 10.1. The van der Waals surface area contributed by atoms with Crippen LogP contribution in [0.4, 0.5) is 13.2 Å². The smallest absolute Gasteiger partial charge is 0.393 e. The Morgan fingerprint density at radius 1 is 1.20 bits per heavy atom. The van der Waals surface area contributed by atoms with Crippen LogP contribution in [0.25, 0.3) is 0 Å². The highest BCUT2D eigenvalue weighted by Gasteiger charge is 2.29. The molecular formula is C10H12ClF3O. The molecule has 5 heteroatoms. The van der Waals surface area contributed by atoms with Crippen molar-refractivity contribution in [2.24, 2.45) is 0 Å². The molecule has 1 nitrogen and oxygen atoms in total. The van der Waals surface area contributed by atoms with Crippen LogP contribution in [-0.2, 0) is 12.6 Å². The van der Waals surface area contributed by atoms with Crippen molar-refractivity contribution in [3.05, 3.63) is 35.4 Å². The Morgan fingerprint density at radius 3 is 2.00 bits per heavy atom. The van der Waals surface area contributed by atoms with Crippen molar-refractivity contribution in [1.82, 2.24) is 0 Å². The number of rotatable bonds is 2. The summed E-state index contributed by atoms with van der Waals surface area (Å²) in [5.41, 5.74) is 0.0415. The molecule has 15 heavy (non-hydrogen) atoms. The second-order valence-corrected chi connectivity index (χ2v) is 3.25. The van der Waals surface area contributed by atoms with Gasteiger partial charge < -0.3 is 5.11 Å². The number of hydrogen-bond acceptors (Lipinski definition) is 1. The van der Waals surface area contributed by atoms with Crippen LogP contribution in [0.1, 0.15) is 18.1 Å². The monoisotopic (exact) mass is 240 g/mol. The van der Waals surface area contributed by atoms with E-state index in [9.17, 15) is 13.2 Å². The fourth-order valence-electron chi connectivity index (χ4n) is 1.17. The maximum Gasteiger partial charge on any atom is 0.416 e. The zero-order valence-electron chi connectivity index (χ0n) is 8.08. The first-order chi connectivity index (χ1) is 6.39. The lowest BCUT2D eigenvalue weighted by Gasteiger charge is -2.08. The van der Waals surface area contributed by atoms with E-state index in [2.05, 4.69) is 0 Å². The van der Waals surface area contributed by atoms with Crippen LogP contribution in [0.5, 0.6) is 0 Å². The minimum Gasteiger partial charge on any atom is -0.393 e. The average molecular weight is 241 g/mol. The van der Waals surface area contributed by atoms with E-state index in [0.29, 0.717) is 12.0 Å². The summed E-state index contributed by atoms with van der Waals surface area (Å²) in [5.74, 6) is 0. The highest BCUT2D eigenvalue weighted by atomic mass is 35.5. The Kier molecular flexibility index (Phi) is 5.11. The molecule has 1 aromatic rings. The van der Waals surface area contributed by atoms with Gasteiger partial charge >= 0.3 is 6.18 Å². The molecule has 1 unspecified atom stereocenters. The van der Waals surface area contributed by atoms with Gasteiger partial charge in [-0.15, -0.1) is 12.4 Å². The molecule has 1 rings (SSSR count). The molecule has 0 radical (unpaired) electrons. The predicted molar refractivity (Wildman–Crippen MR) is 54.1 cm³/mol. The van der Waals surface area contributed by atoms with Crippen molar-refractivity contribution in [2.45, 2.75) is 25.6 Å². The van der Waals surface area contributed by atoms with Crippen LogP contribution < -0.4 is 0 Å². The topological polar surface area (TPSA) is 20.2 Å². The molecule has 0 aliphatic carbocycles. The van der Waals surface area contributed by atoms with Crippen molar-refractivity contribution in [2.75, 3.05) is 0 Å². The molecule has 0 aliphatic rings. The van der Waals surface area contributed by atoms with E-state index >= 15 is 0 Å². The number of halogens is 4. The summed E-state index contributed by atoms with van der Waals surface area (Å²) in [7, 11) is 0. The van der Waals surface area contributed by atoms with Crippen molar-refractivity contribution < 1.29 is 18.3 Å². The van der Waals surface area contributed by atoms with Crippen molar-refractivity contribution in [3.63, 3.8) is 0 Å². The quantitative estimate of drug-likeness (QED) is 0.843. The lowest BCUT2D eigenvalue weighted by Crippen LogP contribution is -2.07. The van der Waals surface area contributed by atoms with Crippen LogP contribution >= 0.6 is 12.4 Å². The van der Waals surface area contributed by atoms with Gasteiger partial charge in [0.2, 0.25) is 0 Å². The molecule has 0 bridgehead atoms. The zero-order chi connectivity index (χ0) is 10.8. The minimum atomic E-state index is -4.29. The van der Waals surface area contributed by atoms with E-state index in [-0.39, 0.29) is 12.4 Å². The SMILES string of the molecule is CC(O)Cc1ccc(C(F)(F)F)cc1.Cl. The molecule has 86 valence electrons. The third-order valence-electron chi connectivity index (χ3n) is 1.81. The van der Waals surface area contributed by atoms with Gasteiger partial charge in [0.1, 0.15) is 0 Å². The number of aliphatic hydroxyl groups excluding tert-OH is 1. The highest BCUT2D eigenvalue weighted by molar-refractivity contribution is 5.85. The van der Waals surface area contributed by atoms with Crippen LogP contribution in [0.2, 0.25) is 0 Å². The first-order valence-electron chi connectivity index (χ1n) is 4.24. The summed E-state index contributed by atoms with van der Waals surface area (Å²) >= 11 is 0. The lowest BCUT2D eigenvalue weighted by molar-refractivity contribution is -0.137. The van der Waals surface area contributed by atoms with Gasteiger partial charge in [-0.05, 0) is 31.0 Å². The Morgan fingerprint density at radius 2 is 1.67 bits per heavy atom. The number of aliphatic hydroxyl groups is 1. The molecular weight excluding hydrogens is 229 g/mol. The first kappa shape index (κ1) is 14.3. The fourth-order valence-corrected chi connectivity index (χ4v) is 1.17. The molecule has 0 fully saturated rings. The van der Waals surface area contributed by atoms with Crippen LogP contribution in [-0.4, -0.2) is 11.2 Å². The Labute approximate surface area is 92.3 Å². The summed E-state index contributed by atoms with van der Waals surface area (Å²) in [4.78, 5) is 0. The van der Waals surface area contributed by atoms with E-state index in [1.165, 1.54) is 12.1 Å². The second kappa shape index (κ2) is 5.37. The molecule has 1 N–H and O–H groups in total. The van der Waals surface area contributed by atoms with Gasteiger partial charge in [-0.25, -0.2) is 0 Å². The van der Waals surface area contributed by atoms with Crippen molar-refractivity contribution in [1.29, 1.82) is 0 Å². The highest BCUT2D eigenvalue weighted by Crippen LogP contribution is 2.29. The van der Waals surface area contributed by atoms with Gasteiger partial charge in [-0.2, -0.15) is 13.2 Å². The fraction of sp³-hybridized carbons (Fsp3) is 0.400. The molecule has 1 atom stereocenters. The standard InChI is InChI=1S/C10H11F3O.ClH/c1-7(14)6-8-2-4-9(5-3-8)10(11,12)13;/h2-5,7,14H,6H2,1H3;1H. The van der Waals surface area contributed by atoms with E-state index in [4.69, 9.17) is 5.11 Å². The molecule has 1 aromatic carbocycles. The third-order valence-corrected chi connectivity index (χ3v) is 1.81. The molecule has 0 amide bonds. The average Bonchev–Trinajstić information content (AvgIpc) is 2.02. The molecule has 0 heterocycles. The Hall–Kier alpha value is -0.740. The summed E-state index contributed by atoms with van der Waals surface area (Å²) in [6.07, 6.45) is -4.45. The van der Waals surface area contributed by atoms with Gasteiger partial charge in [0.25, 0.3) is 0 Å².